The number of benzene rings is 3. The van der Waals surface area contributed by atoms with Gasteiger partial charge in [-0.15, -0.1) is 0 Å². The van der Waals surface area contributed by atoms with Gasteiger partial charge >= 0.3 is 0 Å². The molecule has 0 saturated carbocycles. The largest absolute Gasteiger partial charge is 0.488 e. The Bertz CT molecular complexity index is 1200. The topological polar surface area (TPSA) is 82.8 Å². The van der Waals surface area contributed by atoms with Gasteiger partial charge < -0.3 is 4.74 Å². The molecular weight excluding hydrogens is 446 g/mol. The van der Waals surface area contributed by atoms with Crippen LogP contribution < -0.4 is 4.74 Å². The first-order valence-electron chi connectivity index (χ1n) is 9.00. The molecule has 0 unspecified atom stereocenters. The minimum Gasteiger partial charge on any atom is -0.488 e. The van der Waals surface area contributed by atoms with Crippen molar-refractivity contribution in [1.82, 2.24) is 5.01 Å². The zero-order chi connectivity index (χ0) is 21.1. The predicted molar refractivity (Wildman–Crippen MR) is 114 cm³/mol. The molecule has 3 aromatic carbocycles. The fourth-order valence-corrected chi connectivity index (χ4v) is 3.54. The van der Waals surface area contributed by atoms with E-state index in [2.05, 4.69) is 27.1 Å². The molecule has 0 bridgehead atoms. The third-order valence-electron chi connectivity index (χ3n) is 4.57. The van der Waals surface area contributed by atoms with Gasteiger partial charge in [0.1, 0.15) is 12.4 Å². The minimum atomic E-state index is -0.443. The van der Waals surface area contributed by atoms with E-state index in [0.29, 0.717) is 32.5 Å². The highest BCUT2D eigenvalue weighted by atomic mass is 79.9. The van der Waals surface area contributed by atoms with Crippen molar-refractivity contribution in [2.24, 2.45) is 5.10 Å². The molecule has 0 aliphatic carbocycles. The number of rotatable bonds is 5. The monoisotopic (exact) mass is 459 g/mol. The zero-order valence-electron chi connectivity index (χ0n) is 15.6. The van der Waals surface area contributed by atoms with Gasteiger partial charge in [-0.25, -0.2) is 0 Å². The number of fused-ring (bicyclic) bond motifs is 1. The summed E-state index contributed by atoms with van der Waals surface area (Å²) in [4.78, 5) is 24.7. The summed E-state index contributed by atoms with van der Waals surface area (Å²) in [6.45, 7) is 0.255. The van der Waals surface area contributed by atoms with Gasteiger partial charge in [0, 0.05) is 5.56 Å². The fourth-order valence-electron chi connectivity index (χ4n) is 3.03. The van der Waals surface area contributed by atoms with Crippen molar-refractivity contribution < 1.29 is 14.3 Å². The Morgan fingerprint density at radius 1 is 1.00 bits per heavy atom. The third-order valence-corrected chi connectivity index (χ3v) is 5.19. The molecule has 0 radical (unpaired) electrons. The Hall–Kier alpha value is -3.76. The lowest BCUT2D eigenvalue weighted by molar-refractivity contribution is 0.0660. The quantitative estimate of drug-likeness (QED) is 0.414. The van der Waals surface area contributed by atoms with Crippen molar-refractivity contribution in [2.45, 2.75) is 6.61 Å². The van der Waals surface area contributed by atoms with E-state index in [1.165, 1.54) is 6.21 Å². The van der Waals surface area contributed by atoms with E-state index in [4.69, 9.17) is 10.00 Å². The summed E-state index contributed by atoms with van der Waals surface area (Å²) >= 11 is 3.46. The number of hydrogen-bond acceptors (Lipinski definition) is 5. The summed E-state index contributed by atoms with van der Waals surface area (Å²) in [5, 5.41) is 14.1. The van der Waals surface area contributed by atoms with Crippen LogP contribution in [0.5, 0.6) is 5.75 Å². The van der Waals surface area contributed by atoms with Gasteiger partial charge in [0.25, 0.3) is 11.8 Å². The molecule has 0 spiro atoms. The highest BCUT2D eigenvalue weighted by Gasteiger charge is 2.35. The molecule has 0 N–H and O–H groups in total. The molecule has 1 aliphatic rings. The average molecular weight is 460 g/mol. The third kappa shape index (κ3) is 3.73. The summed E-state index contributed by atoms with van der Waals surface area (Å²) in [7, 11) is 0. The van der Waals surface area contributed by atoms with Gasteiger partial charge in [0.15, 0.2) is 0 Å². The highest BCUT2D eigenvalue weighted by molar-refractivity contribution is 9.10. The SMILES string of the molecule is N#Cc1ccccc1COc1ccc(/C=N\N2C(=O)c3ccccc3C2=O)cc1Br. The van der Waals surface area contributed by atoms with E-state index in [1.54, 1.807) is 54.6 Å². The number of nitrogens with zero attached hydrogens (tertiary/aromatic N) is 3. The Kier molecular flexibility index (Phi) is 5.42. The number of carbonyl (C=O) groups excluding carboxylic acids is 2. The lowest BCUT2D eigenvalue weighted by Crippen LogP contribution is -2.23. The average Bonchev–Trinajstić information content (AvgIpc) is 3.02. The van der Waals surface area contributed by atoms with Crippen molar-refractivity contribution >= 4 is 34.0 Å². The number of ether oxygens (including phenoxy) is 1. The Morgan fingerprint density at radius 2 is 1.67 bits per heavy atom. The smallest absolute Gasteiger partial charge is 0.282 e. The van der Waals surface area contributed by atoms with E-state index >= 15 is 0 Å². The Labute approximate surface area is 181 Å². The normalized spacial score (nSPS) is 12.9. The molecule has 2 amide bonds. The van der Waals surface area contributed by atoms with E-state index < -0.39 is 11.8 Å². The van der Waals surface area contributed by atoms with Crippen LogP contribution in [-0.2, 0) is 6.61 Å². The van der Waals surface area contributed by atoms with Crippen molar-refractivity contribution in [1.29, 1.82) is 5.26 Å². The summed E-state index contributed by atoms with van der Waals surface area (Å²) in [5.74, 6) is -0.287. The number of imide groups is 1. The van der Waals surface area contributed by atoms with Crippen LogP contribution in [0.1, 0.15) is 37.4 Å². The van der Waals surface area contributed by atoms with Crippen molar-refractivity contribution in [3.8, 4) is 11.8 Å². The number of nitriles is 1. The number of carbonyl (C=O) groups is 2. The maximum atomic E-state index is 12.4. The first-order valence-corrected chi connectivity index (χ1v) is 9.80. The van der Waals surface area contributed by atoms with Crippen LogP contribution in [0.25, 0.3) is 0 Å². The zero-order valence-corrected chi connectivity index (χ0v) is 17.2. The molecule has 1 aliphatic heterocycles. The Balaban J connectivity index is 1.47. The van der Waals surface area contributed by atoms with Gasteiger partial charge in [-0.1, -0.05) is 30.3 Å². The van der Waals surface area contributed by atoms with Crippen LogP contribution in [0.15, 0.2) is 76.3 Å². The van der Waals surface area contributed by atoms with Gasteiger partial charge in [-0.2, -0.15) is 15.4 Å². The van der Waals surface area contributed by atoms with E-state index in [9.17, 15) is 9.59 Å². The number of hydrogen-bond donors (Lipinski definition) is 0. The first-order chi connectivity index (χ1) is 14.6. The summed E-state index contributed by atoms with van der Waals surface area (Å²) in [6, 6.07) is 21.3. The maximum absolute atomic E-state index is 12.4. The molecular formula is C23H14BrN3O3. The van der Waals surface area contributed by atoms with Gasteiger partial charge in [0.2, 0.25) is 0 Å². The molecule has 30 heavy (non-hydrogen) atoms. The second-order valence-electron chi connectivity index (χ2n) is 6.46. The van der Waals surface area contributed by atoms with Gasteiger partial charge in [0.05, 0.1) is 33.4 Å². The van der Waals surface area contributed by atoms with E-state index in [0.717, 1.165) is 10.6 Å². The number of hydrazone groups is 1. The number of amides is 2. The molecule has 6 nitrogen and oxygen atoms in total. The molecule has 1 heterocycles. The molecule has 0 atom stereocenters. The van der Waals surface area contributed by atoms with Crippen molar-refractivity contribution in [3.63, 3.8) is 0 Å². The molecule has 3 aromatic rings. The lowest BCUT2D eigenvalue weighted by atomic mass is 10.1. The standard InChI is InChI=1S/C23H14BrN3O3/c24-20-11-15(9-10-21(20)30-14-17-6-2-1-5-16(17)12-25)13-26-27-22(28)18-7-3-4-8-19(18)23(27)29/h1-11,13H,14H2/b26-13-. The van der Waals surface area contributed by atoms with Crippen LogP contribution >= 0.6 is 15.9 Å². The number of halogens is 1. The van der Waals surface area contributed by atoms with Crippen molar-refractivity contribution in [2.75, 3.05) is 0 Å². The molecule has 4 rings (SSSR count). The van der Waals surface area contributed by atoms with Gasteiger partial charge in [-0.05, 0) is 57.9 Å². The second-order valence-corrected chi connectivity index (χ2v) is 7.31. The van der Waals surface area contributed by atoms with Gasteiger partial charge in [-0.3, -0.25) is 9.59 Å². The van der Waals surface area contributed by atoms with Crippen LogP contribution in [0.4, 0.5) is 0 Å². The van der Waals surface area contributed by atoms with Crippen LogP contribution in [0.3, 0.4) is 0 Å². The molecule has 0 saturated heterocycles. The maximum Gasteiger partial charge on any atom is 0.282 e. The Morgan fingerprint density at radius 3 is 2.33 bits per heavy atom. The van der Waals surface area contributed by atoms with Crippen LogP contribution in [-0.4, -0.2) is 23.0 Å². The fraction of sp³-hybridized carbons (Fsp3) is 0.0435. The van der Waals surface area contributed by atoms with Crippen LogP contribution in [0.2, 0.25) is 0 Å². The summed E-state index contributed by atoms with van der Waals surface area (Å²) in [6.07, 6.45) is 1.45. The van der Waals surface area contributed by atoms with Crippen LogP contribution in [0, 0.1) is 11.3 Å². The van der Waals surface area contributed by atoms with E-state index in [-0.39, 0.29) is 6.61 Å². The summed E-state index contributed by atoms with van der Waals surface area (Å²) in [5.41, 5.74) is 2.74. The summed E-state index contributed by atoms with van der Waals surface area (Å²) < 4.78 is 6.50. The molecule has 7 heteroatoms. The second kappa shape index (κ2) is 8.31. The lowest BCUT2D eigenvalue weighted by Gasteiger charge is -2.10. The predicted octanol–water partition coefficient (Wildman–Crippen LogP) is 4.53. The molecule has 0 fully saturated rings. The van der Waals surface area contributed by atoms with E-state index in [1.807, 2.05) is 12.1 Å². The molecule has 146 valence electrons. The van der Waals surface area contributed by atoms with Crippen molar-refractivity contribution in [3.05, 3.63) is 99.0 Å². The highest BCUT2D eigenvalue weighted by Crippen LogP contribution is 2.27. The minimum absolute atomic E-state index is 0.255. The first kappa shape index (κ1) is 19.6. The molecule has 0 aromatic heterocycles.